The summed E-state index contributed by atoms with van der Waals surface area (Å²) in [6, 6.07) is 193. The van der Waals surface area contributed by atoms with Crippen LogP contribution in [0.5, 0.6) is 0 Å². The minimum absolute atomic E-state index is 0.596. The van der Waals surface area contributed by atoms with E-state index in [4.69, 9.17) is 59.8 Å². The topological polar surface area (TPSA) is 155 Å². The summed E-state index contributed by atoms with van der Waals surface area (Å²) in [7, 11) is 0. The van der Waals surface area contributed by atoms with Gasteiger partial charge in [-0.1, -0.05) is 516 Å². The van der Waals surface area contributed by atoms with Crippen molar-refractivity contribution in [1.82, 2.24) is 59.8 Å². The fourth-order valence-electron chi connectivity index (χ4n) is 18.9. The molecule has 0 aliphatic rings. The first-order chi connectivity index (χ1) is 74.2. The summed E-state index contributed by atoms with van der Waals surface area (Å²) in [5, 5.41) is 0. The minimum atomic E-state index is 0.596. The largest absolute Gasteiger partial charge is 0.208 e. The number of nitrogens with zero attached hydrogens (tertiary/aromatic N) is 12. The Morgan fingerprint density at radius 1 is 0.0600 bits per heavy atom. The molecule has 0 radical (unpaired) electrons. The van der Waals surface area contributed by atoms with Crippen molar-refractivity contribution in [2.45, 2.75) is 0 Å². The first-order valence-electron chi connectivity index (χ1n) is 50.1. The van der Waals surface area contributed by atoms with Gasteiger partial charge in [0.2, 0.25) is 0 Å². The molecule has 0 unspecified atom stereocenters. The van der Waals surface area contributed by atoms with Crippen LogP contribution in [-0.2, 0) is 0 Å². The van der Waals surface area contributed by atoms with Gasteiger partial charge in [-0.25, -0.2) is 59.8 Å². The Hall–Kier alpha value is -20.3. The van der Waals surface area contributed by atoms with Crippen LogP contribution in [-0.4, -0.2) is 59.8 Å². The third kappa shape index (κ3) is 20.8. The van der Waals surface area contributed by atoms with E-state index in [0.29, 0.717) is 69.9 Å². The molecule has 0 aliphatic heterocycles. The highest BCUT2D eigenvalue weighted by molar-refractivity contribution is 5.86. The van der Waals surface area contributed by atoms with Gasteiger partial charge in [-0.2, -0.15) is 0 Å². The molecule has 25 aromatic rings. The van der Waals surface area contributed by atoms with Crippen LogP contribution in [0.4, 0.5) is 0 Å². The molecule has 0 spiro atoms. The maximum Gasteiger partial charge on any atom is 0.164 e. The summed E-state index contributed by atoms with van der Waals surface area (Å²) in [6.07, 6.45) is 0. The van der Waals surface area contributed by atoms with Crippen LogP contribution in [0.2, 0.25) is 0 Å². The predicted molar refractivity (Wildman–Crippen MR) is 611 cm³/mol. The van der Waals surface area contributed by atoms with Gasteiger partial charge in [0, 0.05) is 66.8 Å². The Labute approximate surface area is 870 Å². The highest BCUT2D eigenvalue weighted by Gasteiger charge is 2.22. The fourth-order valence-corrected chi connectivity index (χ4v) is 18.9. The molecule has 4 heterocycles. The molecule has 0 aliphatic carbocycles. The lowest BCUT2D eigenvalue weighted by Crippen LogP contribution is -2.00. The van der Waals surface area contributed by atoms with Gasteiger partial charge in [0.05, 0.1) is 0 Å². The minimum Gasteiger partial charge on any atom is -0.208 e. The number of benzene rings is 21. The monoisotopic (exact) mass is 1920 g/mol. The lowest BCUT2D eigenvalue weighted by molar-refractivity contribution is 1.07. The molecule has 0 N–H and O–H groups in total. The second-order valence-corrected chi connectivity index (χ2v) is 36.7. The summed E-state index contributed by atoms with van der Waals surface area (Å²) in [5.74, 6) is 7.33. The average molecular weight is 1920 g/mol. The highest BCUT2D eigenvalue weighted by Crippen LogP contribution is 2.41. The Bertz CT molecular complexity index is 8870. The molecule has 0 saturated heterocycles. The van der Waals surface area contributed by atoms with E-state index in [1.165, 1.54) is 0 Å². The molecule has 21 aromatic carbocycles. The molecule has 25 rings (SSSR count). The van der Waals surface area contributed by atoms with Crippen molar-refractivity contribution in [3.05, 3.63) is 558 Å². The first-order valence-corrected chi connectivity index (χ1v) is 50.1. The van der Waals surface area contributed by atoms with E-state index in [2.05, 4.69) is 461 Å². The van der Waals surface area contributed by atoms with Crippen LogP contribution in [0, 0.1) is 0 Å². The summed E-state index contributed by atoms with van der Waals surface area (Å²) in [4.78, 5) is 61.0. The van der Waals surface area contributed by atoms with Gasteiger partial charge in [-0.3, -0.25) is 0 Å². The van der Waals surface area contributed by atoms with E-state index in [1.807, 2.05) is 97.1 Å². The van der Waals surface area contributed by atoms with E-state index >= 15 is 0 Å². The van der Waals surface area contributed by atoms with E-state index < -0.39 is 0 Å². The first kappa shape index (κ1) is 92.1. The number of aromatic nitrogens is 12. The molecule has 12 heteroatoms. The Morgan fingerprint density at radius 3 is 0.273 bits per heavy atom. The molecule has 0 atom stereocenters. The zero-order valence-electron chi connectivity index (χ0n) is 81.5. The zero-order chi connectivity index (χ0) is 100. The molecule has 12 nitrogen and oxygen atoms in total. The quantitative estimate of drug-likeness (QED) is 0.0598. The molecule has 0 amide bonds. The van der Waals surface area contributed by atoms with Gasteiger partial charge in [-0.15, -0.1) is 0 Å². The Morgan fingerprint density at radius 2 is 0.140 bits per heavy atom. The maximum atomic E-state index is 5.15. The van der Waals surface area contributed by atoms with Crippen molar-refractivity contribution in [2.24, 2.45) is 0 Å². The molecule has 0 bridgehead atoms. The van der Waals surface area contributed by atoms with Gasteiger partial charge in [0.15, 0.2) is 69.9 Å². The van der Waals surface area contributed by atoms with Gasteiger partial charge in [-0.05, 0) is 165 Å². The van der Waals surface area contributed by atoms with Gasteiger partial charge in [0.25, 0.3) is 0 Å². The predicted octanol–water partition coefficient (Wildman–Crippen LogP) is 34.5. The number of hydrogen-bond donors (Lipinski definition) is 0. The standard InChI is InChI=1S/C72H48N6.C66H44N6/c1-5-17-49(18-6-1)52-33-39-56(40-34-52)68-73-67(55-23-11-4-12-24-55)75-71(76-68)65-31-15-29-63(47-65)61-27-13-25-59(45-61)60-26-14-28-62(46-60)64-30-16-32-66(48-64)72-77-69(57-41-35-53(36-42-57)50-19-7-2-8-20-50)74-70(78-72)58-43-37-54(38-44-58)51-21-9-3-10-22-51;1-5-16-45(17-6-1)48-30-36-52(37-31-48)62-67-61(51-22-11-4-12-23-51)69-65(70-62)59-28-14-26-57(43-59)55-24-13-25-56(42-55)58-27-15-29-60(44-58)66-71-63(53-38-32-49(33-39-53)46-18-7-2-8-19-46)68-64(72-66)54-40-34-50(35-41-54)47-20-9-3-10-21-47/h1-48H;1-44H. The molecule has 0 saturated carbocycles. The summed E-state index contributed by atoms with van der Waals surface area (Å²) < 4.78 is 0. The van der Waals surface area contributed by atoms with Crippen LogP contribution >= 0.6 is 0 Å². The zero-order valence-corrected chi connectivity index (χ0v) is 81.5. The van der Waals surface area contributed by atoms with Gasteiger partial charge >= 0.3 is 0 Å². The van der Waals surface area contributed by atoms with Crippen molar-refractivity contribution < 1.29 is 0 Å². The molecular formula is C138H92N12. The van der Waals surface area contributed by atoms with Gasteiger partial charge < -0.3 is 0 Å². The lowest BCUT2D eigenvalue weighted by atomic mass is 9.95. The van der Waals surface area contributed by atoms with E-state index in [0.717, 1.165) is 189 Å². The van der Waals surface area contributed by atoms with E-state index in [-0.39, 0.29) is 0 Å². The Kier molecular flexibility index (Phi) is 26.2. The molecule has 704 valence electrons. The van der Waals surface area contributed by atoms with Crippen LogP contribution < -0.4 is 0 Å². The molecule has 150 heavy (non-hydrogen) atoms. The van der Waals surface area contributed by atoms with Crippen molar-refractivity contribution in [3.8, 4) is 259 Å². The normalized spacial score (nSPS) is 11.1. The third-order valence-corrected chi connectivity index (χ3v) is 26.8. The van der Waals surface area contributed by atoms with Crippen LogP contribution in [0.3, 0.4) is 0 Å². The van der Waals surface area contributed by atoms with E-state index in [1.54, 1.807) is 0 Å². The smallest absolute Gasteiger partial charge is 0.164 e. The number of hydrogen-bond acceptors (Lipinski definition) is 12. The van der Waals surface area contributed by atoms with Crippen molar-refractivity contribution in [1.29, 1.82) is 0 Å². The Balaban J connectivity index is 0.000000160. The molecule has 4 aromatic heterocycles. The fraction of sp³-hybridized carbons (Fsp3) is 0. The van der Waals surface area contributed by atoms with E-state index in [9.17, 15) is 0 Å². The summed E-state index contributed by atoms with van der Waals surface area (Å²) in [5.41, 5.74) is 35.4. The second kappa shape index (κ2) is 42.7. The second-order valence-electron chi connectivity index (χ2n) is 36.7. The lowest BCUT2D eigenvalue weighted by Gasteiger charge is -2.12. The maximum absolute atomic E-state index is 5.15. The van der Waals surface area contributed by atoms with Crippen LogP contribution in [0.15, 0.2) is 558 Å². The van der Waals surface area contributed by atoms with Crippen molar-refractivity contribution in [2.75, 3.05) is 0 Å². The van der Waals surface area contributed by atoms with Crippen molar-refractivity contribution in [3.63, 3.8) is 0 Å². The average Bonchev–Trinajstić information content (AvgIpc) is 0.802. The third-order valence-electron chi connectivity index (χ3n) is 26.8. The highest BCUT2D eigenvalue weighted by atomic mass is 15.1. The summed E-state index contributed by atoms with van der Waals surface area (Å²) >= 11 is 0. The van der Waals surface area contributed by atoms with Crippen molar-refractivity contribution >= 4 is 0 Å². The SMILES string of the molecule is c1ccc(-c2ccc(-c3nc(-c4ccccc4)nc(-c4cccc(-c5cccc(-c6cccc(-c7cccc(-c8nc(-c9ccc(-c%10ccccc%10)cc9)nc(-c9ccc(-c%10ccccc%10)cc9)n8)c7)c6)c5)c4)n3)cc2)cc1.c1ccc(-c2ccc(-c3nc(-c4ccccc4)nc(-c4cccc(-c5cccc(-c6cccc(-c7nc(-c8ccc(-c9ccccc9)cc8)nc(-c8ccc(-c9ccccc9)cc8)n7)c6)c5)c4)n3)cc2)cc1. The van der Waals surface area contributed by atoms with Gasteiger partial charge in [0.1, 0.15) is 0 Å². The van der Waals surface area contributed by atoms with Crippen LogP contribution in [0.25, 0.3) is 259 Å². The molecule has 0 fully saturated rings. The molecular weight excluding hydrogens is 1830 g/mol. The summed E-state index contributed by atoms with van der Waals surface area (Å²) in [6.45, 7) is 0. The number of rotatable bonds is 23. The van der Waals surface area contributed by atoms with Crippen LogP contribution in [0.1, 0.15) is 0 Å².